The van der Waals surface area contributed by atoms with E-state index in [0.29, 0.717) is 0 Å². The van der Waals surface area contributed by atoms with Gasteiger partial charge < -0.3 is 0 Å². The highest BCUT2D eigenvalue weighted by atomic mass is 14.0. The van der Waals surface area contributed by atoms with E-state index in [-0.39, 0.29) is 0 Å². The first-order valence-electron chi connectivity index (χ1n) is 8.42. The van der Waals surface area contributed by atoms with E-state index in [1.165, 1.54) is 83.5 Å². The minimum atomic E-state index is 0.945. The molecule has 0 saturated heterocycles. The van der Waals surface area contributed by atoms with Crippen molar-refractivity contribution in [3.05, 3.63) is 12.7 Å². The van der Waals surface area contributed by atoms with Crippen LogP contribution in [0.4, 0.5) is 0 Å². The molecule has 0 aromatic carbocycles. The Labute approximate surface area is 116 Å². The van der Waals surface area contributed by atoms with Gasteiger partial charge in [-0.3, -0.25) is 0 Å². The summed E-state index contributed by atoms with van der Waals surface area (Å²) < 4.78 is 0. The molecule has 0 spiro atoms. The lowest BCUT2D eigenvalue weighted by atomic mass is 9.99. The normalized spacial score (nSPS) is 12.6. The number of hydrogen-bond donors (Lipinski definition) is 0. The summed E-state index contributed by atoms with van der Waals surface area (Å²) in [4.78, 5) is 0. The van der Waals surface area contributed by atoms with Crippen LogP contribution in [0.5, 0.6) is 0 Å². The Bertz CT molecular complexity index is 159. The molecule has 0 aromatic rings. The molecule has 0 fully saturated rings. The second-order valence-corrected chi connectivity index (χ2v) is 5.91. The molecular weight excluding hydrogens is 216 g/mol. The fourth-order valence-corrected chi connectivity index (χ4v) is 2.40. The van der Waals surface area contributed by atoms with Crippen molar-refractivity contribution >= 4 is 0 Å². The van der Waals surface area contributed by atoms with Crippen molar-refractivity contribution in [1.82, 2.24) is 0 Å². The van der Waals surface area contributed by atoms with E-state index in [1.54, 1.807) is 0 Å². The SMILES string of the molecule is C=CCCCCCCCCCCCCC(C)CC. The lowest BCUT2D eigenvalue weighted by Gasteiger charge is -2.07. The van der Waals surface area contributed by atoms with Crippen LogP contribution in [-0.2, 0) is 0 Å². The summed E-state index contributed by atoms with van der Waals surface area (Å²) in [5.74, 6) is 0.945. The zero-order valence-electron chi connectivity index (χ0n) is 13.1. The Morgan fingerprint density at radius 1 is 0.778 bits per heavy atom. The second kappa shape index (κ2) is 14.8. The molecule has 18 heavy (non-hydrogen) atoms. The van der Waals surface area contributed by atoms with Gasteiger partial charge in [0.25, 0.3) is 0 Å². The van der Waals surface area contributed by atoms with E-state index < -0.39 is 0 Å². The van der Waals surface area contributed by atoms with Crippen LogP contribution in [-0.4, -0.2) is 0 Å². The van der Waals surface area contributed by atoms with Crippen molar-refractivity contribution in [3.8, 4) is 0 Å². The monoisotopic (exact) mass is 252 g/mol. The van der Waals surface area contributed by atoms with E-state index >= 15 is 0 Å². The quantitative estimate of drug-likeness (QED) is 0.233. The van der Waals surface area contributed by atoms with E-state index in [9.17, 15) is 0 Å². The van der Waals surface area contributed by atoms with Crippen molar-refractivity contribution in [2.45, 2.75) is 97.3 Å². The summed E-state index contributed by atoms with van der Waals surface area (Å²) in [5, 5.41) is 0. The number of allylic oxidation sites excluding steroid dienone is 1. The lowest BCUT2D eigenvalue weighted by Crippen LogP contribution is -1.91. The van der Waals surface area contributed by atoms with Crippen molar-refractivity contribution in [3.63, 3.8) is 0 Å². The Hall–Kier alpha value is -0.260. The summed E-state index contributed by atoms with van der Waals surface area (Å²) in [6.45, 7) is 8.45. The molecule has 108 valence electrons. The zero-order valence-corrected chi connectivity index (χ0v) is 13.1. The molecule has 0 heterocycles. The van der Waals surface area contributed by atoms with Gasteiger partial charge in [-0.15, -0.1) is 6.58 Å². The average Bonchev–Trinajstić information content (AvgIpc) is 2.39. The van der Waals surface area contributed by atoms with E-state index in [0.717, 1.165) is 5.92 Å². The number of rotatable bonds is 14. The smallest absolute Gasteiger partial charge is 0.0353 e. The van der Waals surface area contributed by atoms with E-state index in [1.807, 2.05) is 6.08 Å². The first-order chi connectivity index (χ1) is 8.81. The van der Waals surface area contributed by atoms with Crippen LogP contribution >= 0.6 is 0 Å². The largest absolute Gasteiger partial charge is 0.103 e. The Morgan fingerprint density at radius 3 is 1.67 bits per heavy atom. The van der Waals surface area contributed by atoms with Crippen molar-refractivity contribution in [2.75, 3.05) is 0 Å². The zero-order chi connectivity index (χ0) is 13.5. The molecule has 0 saturated carbocycles. The maximum Gasteiger partial charge on any atom is -0.0353 e. The number of hydrogen-bond acceptors (Lipinski definition) is 0. The van der Waals surface area contributed by atoms with Crippen molar-refractivity contribution in [1.29, 1.82) is 0 Å². The fraction of sp³-hybridized carbons (Fsp3) is 0.889. The minimum Gasteiger partial charge on any atom is -0.103 e. The maximum absolute atomic E-state index is 3.76. The fourth-order valence-electron chi connectivity index (χ4n) is 2.40. The molecule has 0 aromatic heterocycles. The predicted octanol–water partition coefficient (Wildman–Crippen LogP) is 6.90. The third kappa shape index (κ3) is 13.8. The minimum absolute atomic E-state index is 0.945. The third-order valence-corrected chi connectivity index (χ3v) is 4.05. The highest BCUT2D eigenvalue weighted by molar-refractivity contribution is 4.65. The summed E-state index contributed by atoms with van der Waals surface area (Å²) in [6, 6.07) is 0. The highest BCUT2D eigenvalue weighted by Crippen LogP contribution is 2.15. The van der Waals surface area contributed by atoms with Gasteiger partial charge in [-0.2, -0.15) is 0 Å². The third-order valence-electron chi connectivity index (χ3n) is 4.05. The molecule has 0 N–H and O–H groups in total. The van der Waals surface area contributed by atoms with Gasteiger partial charge in [0, 0.05) is 0 Å². The van der Waals surface area contributed by atoms with Gasteiger partial charge in [0.15, 0.2) is 0 Å². The molecule has 0 aliphatic carbocycles. The standard InChI is InChI=1S/C18H36/c1-4-6-7-8-9-10-11-12-13-14-15-16-17-18(3)5-2/h4,18H,1,5-17H2,2-3H3. The van der Waals surface area contributed by atoms with Crippen LogP contribution in [0.2, 0.25) is 0 Å². The van der Waals surface area contributed by atoms with Gasteiger partial charge in [-0.25, -0.2) is 0 Å². The topological polar surface area (TPSA) is 0 Å². The summed E-state index contributed by atoms with van der Waals surface area (Å²) in [5.41, 5.74) is 0. The first-order valence-corrected chi connectivity index (χ1v) is 8.42. The summed E-state index contributed by atoms with van der Waals surface area (Å²) in [6.07, 6.45) is 20.4. The van der Waals surface area contributed by atoms with Gasteiger partial charge in [0.2, 0.25) is 0 Å². The molecule has 0 radical (unpaired) electrons. The predicted molar refractivity (Wildman–Crippen MR) is 85.1 cm³/mol. The molecule has 0 aliphatic rings. The highest BCUT2D eigenvalue weighted by Gasteiger charge is 1.98. The van der Waals surface area contributed by atoms with E-state index in [2.05, 4.69) is 20.4 Å². The first kappa shape index (κ1) is 17.7. The average molecular weight is 252 g/mol. The van der Waals surface area contributed by atoms with Gasteiger partial charge in [0.05, 0.1) is 0 Å². The van der Waals surface area contributed by atoms with Gasteiger partial charge >= 0.3 is 0 Å². The Balaban J connectivity index is 2.96. The van der Waals surface area contributed by atoms with Crippen LogP contribution in [0.15, 0.2) is 12.7 Å². The molecule has 0 aliphatic heterocycles. The van der Waals surface area contributed by atoms with Crippen LogP contribution in [0.1, 0.15) is 97.3 Å². The van der Waals surface area contributed by atoms with Gasteiger partial charge in [-0.05, 0) is 18.8 Å². The second-order valence-electron chi connectivity index (χ2n) is 5.91. The van der Waals surface area contributed by atoms with Crippen LogP contribution in [0.3, 0.4) is 0 Å². The van der Waals surface area contributed by atoms with Crippen LogP contribution in [0, 0.1) is 5.92 Å². The Morgan fingerprint density at radius 2 is 1.22 bits per heavy atom. The van der Waals surface area contributed by atoms with E-state index in [4.69, 9.17) is 0 Å². The number of unbranched alkanes of at least 4 members (excludes halogenated alkanes) is 10. The van der Waals surface area contributed by atoms with Crippen molar-refractivity contribution < 1.29 is 0 Å². The molecular formula is C18H36. The molecule has 0 rings (SSSR count). The molecule has 0 heteroatoms. The lowest BCUT2D eigenvalue weighted by molar-refractivity contribution is 0.469. The molecule has 0 amide bonds. The molecule has 1 atom stereocenters. The van der Waals surface area contributed by atoms with Gasteiger partial charge in [0.1, 0.15) is 0 Å². The van der Waals surface area contributed by atoms with Crippen LogP contribution in [0.25, 0.3) is 0 Å². The van der Waals surface area contributed by atoms with Crippen molar-refractivity contribution in [2.24, 2.45) is 5.92 Å². The van der Waals surface area contributed by atoms with Crippen LogP contribution < -0.4 is 0 Å². The molecule has 1 unspecified atom stereocenters. The molecule has 0 bridgehead atoms. The summed E-state index contributed by atoms with van der Waals surface area (Å²) in [7, 11) is 0. The summed E-state index contributed by atoms with van der Waals surface area (Å²) >= 11 is 0. The Kier molecular flexibility index (Phi) is 14.6. The van der Waals surface area contributed by atoms with Gasteiger partial charge in [-0.1, -0.05) is 90.6 Å². The maximum atomic E-state index is 3.76. The molecule has 0 nitrogen and oxygen atoms in total.